The van der Waals surface area contributed by atoms with Crippen LogP contribution in [0, 0.1) is 5.41 Å². The van der Waals surface area contributed by atoms with E-state index in [9.17, 15) is 0 Å². The summed E-state index contributed by atoms with van der Waals surface area (Å²) in [6.45, 7) is 11.4. The lowest BCUT2D eigenvalue weighted by molar-refractivity contribution is 0.328. The van der Waals surface area contributed by atoms with E-state index in [0.717, 1.165) is 0 Å². The third-order valence-corrected chi connectivity index (χ3v) is 2.24. The second-order valence-corrected chi connectivity index (χ2v) is 4.55. The van der Waals surface area contributed by atoms with E-state index in [-0.39, 0.29) is 0 Å². The first-order valence-corrected chi connectivity index (χ1v) is 5.17. The van der Waals surface area contributed by atoms with Crippen LogP contribution >= 0.6 is 0 Å². The molecule has 0 aromatic heterocycles. The van der Waals surface area contributed by atoms with Crippen LogP contribution < -0.4 is 0 Å². The molecule has 0 aliphatic heterocycles. The Morgan fingerprint density at radius 3 is 2.25 bits per heavy atom. The van der Waals surface area contributed by atoms with Gasteiger partial charge in [0.15, 0.2) is 0 Å². The molecule has 0 aromatic rings. The average molecular weight is 168 g/mol. The van der Waals surface area contributed by atoms with E-state index in [4.69, 9.17) is 0 Å². The molecule has 0 atom stereocenters. The van der Waals surface area contributed by atoms with Gasteiger partial charge < -0.3 is 0 Å². The van der Waals surface area contributed by atoms with Crippen LogP contribution in [0.5, 0.6) is 0 Å². The molecule has 0 saturated carbocycles. The topological polar surface area (TPSA) is 0 Å². The summed E-state index contributed by atoms with van der Waals surface area (Å²) in [6, 6.07) is 0. The van der Waals surface area contributed by atoms with Crippen molar-refractivity contribution in [3.8, 4) is 0 Å². The number of hydrogen-bond donors (Lipinski definition) is 0. The molecule has 0 bridgehead atoms. The maximum absolute atomic E-state index is 2.36. The predicted molar refractivity (Wildman–Crippen MR) is 57.4 cm³/mol. The molecule has 0 fully saturated rings. The molecule has 0 spiro atoms. The fraction of sp³-hybridized carbons (Fsp3) is 0.833. The van der Waals surface area contributed by atoms with Crippen LogP contribution in [0.2, 0.25) is 0 Å². The summed E-state index contributed by atoms with van der Waals surface area (Å²) in [4.78, 5) is 0. The van der Waals surface area contributed by atoms with Crippen molar-refractivity contribution >= 4 is 0 Å². The second kappa shape index (κ2) is 5.40. The molecular formula is C12H24. The van der Waals surface area contributed by atoms with Crippen molar-refractivity contribution in [3.63, 3.8) is 0 Å². The molecule has 0 aliphatic carbocycles. The molecule has 0 aliphatic rings. The highest BCUT2D eigenvalue weighted by Crippen LogP contribution is 2.30. The molecule has 0 rings (SSSR count). The fourth-order valence-electron chi connectivity index (χ4n) is 1.94. The molecule has 0 N–H and O–H groups in total. The molecular weight excluding hydrogens is 144 g/mol. The lowest BCUT2D eigenvalue weighted by Gasteiger charge is -2.24. The van der Waals surface area contributed by atoms with Crippen molar-refractivity contribution in [2.45, 2.75) is 60.3 Å². The van der Waals surface area contributed by atoms with Gasteiger partial charge in [-0.25, -0.2) is 0 Å². The Morgan fingerprint density at radius 1 is 1.25 bits per heavy atom. The van der Waals surface area contributed by atoms with E-state index < -0.39 is 0 Å². The Kier molecular flexibility index (Phi) is 5.28. The summed E-state index contributed by atoms with van der Waals surface area (Å²) in [6.07, 6.45) is 7.41. The first-order chi connectivity index (χ1) is 5.52. The van der Waals surface area contributed by atoms with Gasteiger partial charge in [-0.1, -0.05) is 45.8 Å². The SMILES string of the molecule is CC/C=C(/C)CC(C)(C)CCC. The van der Waals surface area contributed by atoms with Gasteiger partial charge in [-0.3, -0.25) is 0 Å². The quantitative estimate of drug-likeness (QED) is 0.528. The molecule has 72 valence electrons. The smallest absolute Gasteiger partial charge is 0.0271 e. The highest BCUT2D eigenvalue weighted by molar-refractivity contribution is 5.00. The second-order valence-electron chi connectivity index (χ2n) is 4.55. The van der Waals surface area contributed by atoms with Gasteiger partial charge in [-0.15, -0.1) is 0 Å². The van der Waals surface area contributed by atoms with Crippen LogP contribution in [0.15, 0.2) is 11.6 Å². The maximum atomic E-state index is 2.36. The van der Waals surface area contributed by atoms with Crippen LogP contribution in [0.4, 0.5) is 0 Å². The van der Waals surface area contributed by atoms with Gasteiger partial charge >= 0.3 is 0 Å². The van der Waals surface area contributed by atoms with Gasteiger partial charge in [0.25, 0.3) is 0 Å². The van der Waals surface area contributed by atoms with Gasteiger partial charge in [0.1, 0.15) is 0 Å². The summed E-state index contributed by atoms with van der Waals surface area (Å²) in [5, 5.41) is 0. The van der Waals surface area contributed by atoms with E-state index >= 15 is 0 Å². The third-order valence-electron chi connectivity index (χ3n) is 2.24. The zero-order valence-electron chi connectivity index (χ0n) is 9.41. The number of hydrogen-bond acceptors (Lipinski definition) is 0. The largest absolute Gasteiger partial charge is 0.0859 e. The maximum Gasteiger partial charge on any atom is -0.0271 e. The van der Waals surface area contributed by atoms with E-state index in [0.29, 0.717) is 5.41 Å². The predicted octanol–water partition coefficient (Wildman–Crippen LogP) is 4.56. The standard InChI is InChI=1S/C12H24/c1-6-8-11(3)10-12(4,5)9-7-2/h8H,6-7,9-10H2,1-5H3/b11-8-. The molecule has 0 aromatic carbocycles. The highest BCUT2D eigenvalue weighted by atomic mass is 14.2. The number of rotatable bonds is 5. The molecule has 0 heteroatoms. The normalized spacial score (nSPS) is 13.6. The van der Waals surface area contributed by atoms with Gasteiger partial charge in [-0.05, 0) is 31.6 Å². The molecule has 0 heterocycles. The molecule has 0 amide bonds. The summed E-state index contributed by atoms with van der Waals surface area (Å²) in [5.74, 6) is 0. The van der Waals surface area contributed by atoms with Crippen LogP contribution in [-0.4, -0.2) is 0 Å². The Hall–Kier alpha value is -0.260. The molecule has 12 heavy (non-hydrogen) atoms. The molecule has 0 nitrogen and oxygen atoms in total. The molecule has 0 saturated heterocycles. The fourth-order valence-corrected chi connectivity index (χ4v) is 1.94. The first-order valence-electron chi connectivity index (χ1n) is 5.17. The van der Waals surface area contributed by atoms with Gasteiger partial charge in [0.05, 0.1) is 0 Å². The van der Waals surface area contributed by atoms with Crippen molar-refractivity contribution in [1.29, 1.82) is 0 Å². The minimum Gasteiger partial charge on any atom is -0.0859 e. The zero-order chi connectivity index (χ0) is 9.61. The summed E-state index contributed by atoms with van der Waals surface area (Å²) in [5.41, 5.74) is 2.06. The van der Waals surface area contributed by atoms with Gasteiger partial charge in [-0.2, -0.15) is 0 Å². The third kappa shape index (κ3) is 5.40. The summed E-state index contributed by atoms with van der Waals surface area (Å²) >= 11 is 0. The Balaban J connectivity index is 3.95. The Bertz CT molecular complexity index is 140. The van der Waals surface area contributed by atoms with Crippen molar-refractivity contribution in [2.75, 3.05) is 0 Å². The number of allylic oxidation sites excluding steroid dienone is 2. The van der Waals surface area contributed by atoms with E-state index in [1.807, 2.05) is 0 Å². The Morgan fingerprint density at radius 2 is 1.83 bits per heavy atom. The van der Waals surface area contributed by atoms with E-state index in [1.54, 1.807) is 5.57 Å². The van der Waals surface area contributed by atoms with E-state index in [1.165, 1.54) is 25.7 Å². The minimum atomic E-state index is 0.504. The van der Waals surface area contributed by atoms with E-state index in [2.05, 4.69) is 40.7 Å². The van der Waals surface area contributed by atoms with Crippen molar-refractivity contribution < 1.29 is 0 Å². The lowest BCUT2D eigenvalue weighted by Crippen LogP contribution is -2.10. The average Bonchev–Trinajstić information content (AvgIpc) is 1.85. The van der Waals surface area contributed by atoms with Gasteiger partial charge in [0, 0.05) is 0 Å². The van der Waals surface area contributed by atoms with Crippen molar-refractivity contribution in [1.82, 2.24) is 0 Å². The van der Waals surface area contributed by atoms with Crippen LogP contribution in [-0.2, 0) is 0 Å². The van der Waals surface area contributed by atoms with Crippen LogP contribution in [0.25, 0.3) is 0 Å². The summed E-state index contributed by atoms with van der Waals surface area (Å²) in [7, 11) is 0. The van der Waals surface area contributed by atoms with Crippen molar-refractivity contribution in [3.05, 3.63) is 11.6 Å². The Labute approximate surface area is 78.1 Å². The minimum absolute atomic E-state index is 0.504. The van der Waals surface area contributed by atoms with Crippen molar-refractivity contribution in [2.24, 2.45) is 5.41 Å². The zero-order valence-corrected chi connectivity index (χ0v) is 9.41. The lowest BCUT2D eigenvalue weighted by atomic mass is 9.82. The van der Waals surface area contributed by atoms with Gasteiger partial charge in [0.2, 0.25) is 0 Å². The molecule has 0 unspecified atom stereocenters. The monoisotopic (exact) mass is 168 g/mol. The highest BCUT2D eigenvalue weighted by Gasteiger charge is 2.16. The molecule has 0 radical (unpaired) electrons. The van der Waals surface area contributed by atoms with Crippen LogP contribution in [0.3, 0.4) is 0 Å². The van der Waals surface area contributed by atoms with Crippen LogP contribution in [0.1, 0.15) is 60.3 Å². The first kappa shape index (κ1) is 11.7. The summed E-state index contributed by atoms with van der Waals surface area (Å²) < 4.78 is 0.